The zero-order valence-electron chi connectivity index (χ0n) is 12.9. The Balaban J connectivity index is 1.55. The number of aryl methyl sites for hydroxylation is 1. The summed E-state index contributed by atoms with van der Waals surface area (Å²) in [5.41, 5.74) is 1.69. The molecule has 3 nitrogen and oxygen atoms in total. The summed E-state index contributed by atoms with van der Waals surface area (Å²) in [6.07, 6.45) is 17.5. The lowest BCUT2D eigenvalue weighted by Crippen LogP contribution is -2.29. The van der Waals surface area contributed by atoms with Crippen molar-refractivity contribution in [1.29, 1.82) is 0 Å². The number of piperidine rings is 1. The molecule has 112 valence electrons. The normalized spacial score (nSPS) is 31.4. The number of hydrogen-bond donors (Lipinski definition) is 1. The number of rotatable bonds is 4. The van der Waals surface area contributed by atoms with E-state index in [9.17, 15) is 0 Å². The second-order valence-corrected chi connectivity index (χ2v) is 6.86. The largest absolute Gasteiger partial charge is 0.331 e. The van der Waals surface area contributed by atoms with Gasteiger partial charge in [0, 0.05) is 30.5 Å². The first-order chi connectivity index (χ1) is 10.3. The second-order valence-electron chi connectivity index (χ2n) is 6.86. The summed E-state index contributed by atoms with van der Waals surface area (Å²) in [6, 6.07) is 0.650. The van der Waals surface area contributed by atoms with Gasteiger partial charge in [-0.3, -0.25) is 0 Å². The average molecular weight is 283 g/mol. The Morgan fingerprint density at radius 3 is 2.95 bits per heavy atom. The van der Waals surface area contributed by atoms with Gasteiger partial charge in [-0.15, -0.1) is 0 Å². The molecule has 0 amide bonds. The van der Waals surface area contributed by atoms with Crippen molar-refractivity contribution in [2.24, 2.45) is 11.3 Å². The molecular formula is C18H25N3. The third-order valence-corrected chi connectivity index (χ3v) is 5.45. The molecule has 1 saturated heterocycles. The van der Waals surface area contributed by atoms with Crippen molar-refractivity contribution >= 4 is 0 Å². The van der Waals surface area contributed by atoms with E-state index >= 15 is 0 Å². The SMILES string of the molecule is CCc1nc(CC23C=CC=CC2C3)cn1C1CCNCC1. The average Bonchev–Trinajstić information content (AvgIpc) is 3.11. The highest BCUT2D eigenvalue weighted by Crippen LogP contribution is 2.58. The van der Waals surface area contributed by atoms with Gasteiger partial charge >= 0.3 is 0 Å². The Kier molecular flexibility index (Phi) is 3.26. The van der Waals surface area contributed by atoms with Gasteiger partial charge in [0.05, 0.1) is 5.69 Å². The van der Waals surface area contributed by atoms with Crippen molar-refractivity contribution in [1.82, 2.24) is 14.9 Å². The molecule has 21 heavy (non-hydrogen) atoms. The van der Waals surface area contributed by atoms with Gasteiger partial charge in [0.2, 0.25) is 0 Å². The summed E-state index contributed by atoms with van der Waals surface area (Å²) in [5, 5.41) is 3.46. The van der Waals surface area contributed by atoms with Crippen LogP contribution in [-0.4, -0.2) is 22.6 Å². The first kappa shape index (κ1) is 13.3. The van der Waals surface area contributed by atoms with Crippen molar-refractivity contribution in [3.8, 4) is 0 Å². The molecular weight excluding hydrogens is 258 g/mol. The van der Waals surface area contributed by atoms with E-state index in [2.05, 4.69) is 47.3 Å². The lowest BCUT2D eigenvalue weighted by molar-refractivity contribution is 0.360. The standard InChI is InChI=1S/C18H25N3/c1-2-17-20-15(12-18-8-4-3-5-14(18)11-18)13-21(17)16-6-9-19-10-7-16/h3-5,8,13-14,16,19H,2,6-7,9-12H2,1H3. The zero-order valence-corrected chi connectivity index (χ0v) is 12.9. The molecule has 2 fully saturated rings. The molecule has 0 bridgehead atoms. The molecule has 0 spiro atoms. The Hall–Kier alpha value is -1.35. The molecule has 2 heterocycles. The zero-order chi connectivity index (χ0) is 14.3. The van der Waals surface area contributed by atoms with Gasteiger partial charge in [-0.2, -0.15) is 0 Å². The second kappa shape index (κ2) is 5.13. The molecule has 1 saturated carbocycles. The topological polar surface area (TPSA) is 29.9 Å². The van der Waals surface area contributed by atoms with Crippen molar-refractivity contribution in [2.45, 2.75) is 45.1 Å². The number of hydrogen-bond acceptors (Lipinski definition) is 2. The van der Waals surface area contributed by atoms with Gasteiger partial charge in [-0.1, -0.05) is 31.2 Å². The smallest absolute Gasteiger partial charge is 0.108 e. The first-order valence-electron chi connectivity index (χ1n) is 8.44. The van der Waals surface area contributed by atoms with Gasteiger partial charge < -0.3 is 9.88 Å². The van der Waals surface area contributed by atoms with E-state index in [0.717, 1.165) is 31.8 Å². The number of aromatic nitrogens is 2. The third kappa shape index (κ3) is 2.38. The molecule has 1 aromatic rings. The molecule has 0 aromatic carbocycles. The number of allylic oxidation sites excluding steroid dienone is 4. The summed E-state index contributed by atoms with van der Waals surface area (Å²) < 4.78 is 2.48. The lowest BCUT2D eigenvalue weighted by Gasteiger charge is -2.25. The maximum atomic E-state index is 4.95. The Morgan fingerprint density at radius 1 is 1.33 bits per heavy atom. The van der Waals surface area contributed by atoms with Crippen LogP contribution in [0.25, 0.3) is 0 Å². The van der Waals surface area contributed by atoms with Crippen LogP contribution in [0.2, 0.25) is 0 Å². The van der Waals surface area contributed by atoms with Crippen LogP contribution >= 0.6 is 0 Å². The summed E-state index contributed by atoms with van der Waals surface area (Å²) in [4.78, 5) is 4.95. The number of imidazole rings is 1. The molecule has 1 aromatic heterocycles. The Bertz CT molecular complexity index is 577. The summed E-state index contributed by atoms with van der Waals surface area (Å²) in [5.74, 6) is 2.04. The minimum atomic E-state index is 0.396. The van der Waals surface area contributed by atoms with Crippen molar-refractivity contribution in [2.75, 3.05) is 13.1 Å². The fourth-order valence-electron chi connectivity index (χ4n) is 4.08. The first-order valence-corrected chi connectivity index (χ1v) is 8.44. The van der Waals surface area contributed by atoms with Crippen LogP contribution in [0.15, 0.2) is 30.5 Å². The number of nitrogens with one attached hydrogen (secondary N) is 1. The number of fused-ring (bicyclic) bond motifs is 1. The van der Waals surface area contributed by atoms with Gasteiger partial charge in [0.25, 0.3) is 0 Å². The minimum Gasteiger partial charge on any atom is -0.331 e. The monoisotopic (exact) mass is 283 g/mol. The van der Waals surface area contributed by atoms with Crippen LogP contribution in [0.3, 0.4) is 0 Å². The molecule has 3 aliphatic rings. The van der Waals surface area contributed by atoms with E-state index in [4.69, 9.17) is 4.98 Å². The van der Waals surface area contributed by atoms with E-state index in [1.54, 1.807) is 0 Å². The summed E-state index contributed by atoms with van der Waals surface area (Å²) in [6.45, 7) is 4.51. The van der Waals surface area contributed by atoms with Crippen molar-refractivity contribution in [3.05, 3.63) is 42.0 Å². The van der Waals surface area contributed by atoms with Gasteiger partial charge in [-0.25, -0.2) is 4.98 Å². The third-order valence-electron chi connectivity index (χ3n) is 5.45. The van der Waals surface area contributed by atoms with Crippen LogP contribution in [0, 0.1) is 11.3 Å². The quantitative estimate of drug-likeness (QED) is 0.920. The highest BCUT2D eigenvalue weighted by atomic mass is 15.1. The fourth-order valence-corrected chi connectivity index (χ4v) is 4.08. The maximum absolute atomic E-state index is 4.95. The highest BCUT2D eigenvalue weighted by molar-refractivity contribution is 5.31. The van der Waals surface area contributed by atoms with Crippen LogP contribution in [0.4, 0.5) is 0 Å². The molecule has 2 atom stereocenters. The van der Waals surface area contributed by atoms with E-state index in [0.29, 0.717) is 11.5 Å². The van der Waals surface area contributed by atoms with Gasteiger partial charge in [-0.05, 0) is 38.3 Å². The van der Waals surface area contributed by atoms with Crippen LogP contribution in [0.1, 0.15) is 43.7 Å². The predicted molar refractivity (Wildman–Crippen MR) is 85.3 cm³/mol. The van der Waals surface area contributed by atoms with Crippen molar-refractivity contribution < 1.29 is 0 Å². The minimum absolute atomic E-state index is 0.396. The summed E-state index contributed by atoms with van der Waals surface area (Å²) in [7, 11) is 0. The molecule has 2 unspecified atom stereocenters. The van der Waals surface area contributed by atoms with Crippen LogP contribution in [0.5, 0.6) is 0 Å². The van der Waals surface area contributed by atoms with E-state index < -0.39 is 0 Å². The fraction of sp³-hybridized carbons (Fsp3) is 0.611. The molecule has 1 aliphatic heterocycles. The Morgan fingerprint density at radius 2 is 2.19 bits per heavy atom. The molecule has 4 rings (SSSR count). The van der Waals surface area contributed by atoms with Crippen LogP contribution < -0.4 is 5.32 Å². The molecule has 2 aliphatic carbocycles. The van der Waals surface area contributed by atoms with Gasteiger partial charge in [0.1, 0.15) is 5.82 Å². The van der Waals surface area contributed by atoms with E-state index in [-0.39, 0.29) is 0 Å². The lowest BCUT2D eigenvalue weighted by atomic mass is 9.94. The van der Waals surface area contributed by atoms with Crippen LogP contribution in [-0.2, 0) is 12.8 Å². The van der Waals surface area contributed by atoms with E-state index in [1.165, 1.54) is 30.8 Å². The Labute approximate surface area is 127 Å². The van der Waals surface area contributed by atoms with E-state index in [1.807, 2.05) is 0 Å². The maximum Gasteiger partial charge on any atom is 0.108 e. The molecule has 3 heteroatoms. The van der Waals surface area contributed by atoms with Gasteiger partial charge in [0.15, 0.2) is 0 Å². The highest BCUT2D eigenvalue weighted by Gasteiger charge is 2.51. The predicted octanol–water partition coefficient (Wildman–Crippen LogP) is 3.04. The summed E-state index contributed by atoms with van der Waals surface area (Å²) >= 11 is 0. The number of nitrogens with zero attached hydrogens (tertiary/aromatic N) is 2. The molecule has 1 N–H and O–H groups in total. The molecule has 0 radical (unpaired) electrons. The van der Waals surface area contributed by atoms with Crippen molar-refractivity contribution in [3.63, 3.8) is 0 Å².